The van der Waals surface area contributed by atoms with Crippen molar-refractivity contribution in [3.63, 3.8) is 0 Å². The molecule has 0 saturated carbocycles. The second kappa shape index (κ2) is 8.47. The van der Waals surface area contributed by atoms with Gasteiger partial charge in [0.15, 0.2) is 0 Å². The van der Waals surface area contributed by atoms with Crippen molar-refractivity contribution in [2.45, 2.75) is 25.4 Å². The molecule has 0 unspecified atom stereocenters. The molecule has 27 heavy (non-hydrogen) atoms. The number of aromatic nitrogens is 4. The highest BCUT2D eigenvalue weighted by Crippen LogP contribution is 2.20. The Kier molecular flexibility index (Phi) is 5.84. The zero-order chi connectivity index (χ0) is 19.2. The first-order valence-corrected chi connectivity index (χ1v) is 9.30. The Morgan fingerprint density at radius 3 is 2.67 bits per heavy atom. The molecular weight excluding hydrogens is 360 g/mol. The third kappa shape index (κ3) is 4.71. The molecule has 3 rings (SSSR count). The molecule has 0 aliphatic rings. The number of thioether (sulfide) groups is 1. The maximum atomic E-state index is 12.2. The van der Waals surface area contributed by atoms with Gasteiger partial charge in [-0.25, -0.2) is 0 Å². The molecule has 3 aromatic rings. The molecule has 0 saturated heterocycles. The van der Waals surface area contributed by atoms with Crippen molar-refractivity contribution in [3.8, 4) is 11.8 Å². The number of nitrogens with zero attached hydrogens (tertiary/aromatic N) is 5. The third-order valence-corrected chi connectivity index (χ3v) is 4.95. The monoisotopic (exact) mass is 378 g/mol. The zero-order valence-corrected chi connectivity index (χ0v) is 15.8. The van der Waals surface area contributed by atoms with Gasteiger partial charge in [0, 0.05) is 5.69 Å². The lowest BCUT2D eigenvalue weighted by atomic mass is 10.1. The lowest BCUT2D eigenvalue weighted by Crippen LogP contribution is -2.14. The van der Waals surface area contributed by atoms with E-state index in [0.717, 1.165) is 16.8 Å². The molecule has 1 N–H and O–H groups in total. The van der Waals surface area contributed by atoms with Crippen molar-refractivity contribution in [1.29, 1.82) is 5.26 Å². The smallest absolute Gasteiger partial charge is 0.234 e. The van der Waals surface area contributed by atoms with Gasteiger partial charge in [-0.15, -0.1) is 5.10 Å². The summed E-state index contributed by atoms with van der Waals surface area (Å²) in [6, 6.07) is 15.3. The number of amides is 1. The van der Waals surface area contributed by atoms with E-state index in [1.807, 2.05) is 44.2 Å². The van der Waals surface area contributed by atoms with Crippen LogP contribution in [0.25, 0.3) is 5.69 Å². The second-order valence-electron chi connectivity index (χ2n) is 6.01. The molecule has 8 heteroatoms. The van der Waals surface area contributed by atoms with E-state index in [0.29, 0.717) is 17.3 Å². The van der Waals surface area contributed by atoms with Crippen LogP contribution in [-0.4, -0.2) is 31.9 Å². The van der Waals surface area contributed by atoms with Gasteiger partial charge in [0.2, 0.25) is 11.1 Å². The van der Waals surface area contributed by atoms with E-state index in [-0.39, 0.29) is 11.7 Å². The Labute approximate surface area is 161 Å². The van der Waals surface area contributed by atoms with Crippen LogP contribution in [-0.2, 0) is 11.2 Å². The summed E-state index contributed by atoms with van der Waals surface area (Å²) in [5, 5.41) is 23.8. The molecule has 0 spiro atoms. The summed E-state index contributed by atoms with van der Waals surface area (Å²) in [6.07, 6.45) is 0.352. The average molecular weight is 378 g/mol. The van der Waals surface area contributed by atoms with Gasteiger partial charge >= 0.3 is 0 Å². The molecule has 0 aliphatic carbocycles. The Morgan fingerprint density at radius 1 is 1.19 bits per heavy atom. The lowest BCUT2D eigenvalue weighted by molar-refractivity contribution is -0.113. The number of carbonyl (C=O) groups is 1. The number of rotatable bonds is 6. The third-order valence-electron chi connectivity index (χ3n) is 4.03. The summed E-state index contributed by atoms with van der Waals surface area (Å²) in [5.41, 5.74) is 4.81. The van der Waals surface area contributed by atoms with Crippen molar-refractivity contribution >= 4 is 23.4 Å². The highest BCUT2D eigenvalue weighted by Gasteiger charge is 2.12. The fourth-order valence-electron chi connectivity index (χ4n) is 2.41. The molecule has 2 aromatic carbocycles. The molecule has 0 fully saturated rings. The van der Waals surface area contributed by atoms with E-state index in [4.69, 9.17) is 5.26 Å². The Bertz CT molecular complexity index is 990. The van der Waals surface area contributed by atoms with Crippen molar-refractivity contribution in [2.24, 2.45) is 0 Å². The van der Waals surface area contributed by atoms with Crippen LogP contribution in [0.5, 0.6) is 0 Å². The van der Waals surface area contributed by atoms with Crippen LogP contribution in [0.2, 0.25) is 0 Å². The molecule has 0 aliphatic heterocycles. The number of anilines is 1. The number of tetrazole rings is 1. The van der Waals surface area contributed by atoms with E-state index < -0.39 is 0 Å². The highest BCUT2D eigenvalue weighted by atomic mass is 32.2. The van der Waals surface area contributed by atoms with Gasteiger partial charge in [-0.2, -0.15) is 9.94 Å². The number of nitriles is 1. The minimum atomic E-state index is -0.150. The number of hydrogen-bond acceptors (Lipinski definition) is 6. The van der Waals surface area contributed by atoms with Crippen molar-refractivity contribution < 1.29 is 4.79 Å². The standard InChI is InChI=1S/C19H18N6OS/c1-13-3-8-17(11-14(13)2)25-19(22-23-24-25)27-12-18(26)21-16-6-4-15(5-7-16)9-10-20/h3-8,11H,9,12H2,1-2H3,(H,21,26). The van der Waals surface area contributed by atoms with Gasteiger partial charge in [0.1, 0.15) is 0 Å². The van der Waals surface area contributed by atoms with Crippen LogP contribution in [0.15, 0.2) is 47.6 Å². The number of hydrogen-bond donors (Lipinski definition) is 1. The SMILES string of the molecule is Cc1ccc(-n2nnnc2SCC(=O)Nc2ccc(CC#N)cc2)cc1C. The Hall–Kier alpha value is -3.18. The molecule has 1 heterocycles. The van der Waals surface area contributed by atoms with Crippen LogP contribution in [0, 0.1) is 25.2 Å². The minimum Gasteiger partial charge on any atom is -0.325 e. The molecular formula is C19H18N6OS. The van der Waals surface area contributed by atoms with E-state index in [2.05, 4.69) is 26.9 Å². The first-order chi connectivity index (χ1) is 13.1. The molecule has 7 nitrogen and oxygen atoms in total. The second-order valence-corrected chi connectivity index (χ2v) is 6.95. The van der Waals surface area contributed by atoms with Crippen LogP contribution in [0.3, 0.4) is 0 Å². The Balaban J connectivity index is 1.62. The number of benzene rings is 2. The zero-order valence-electron chi connectivity index (χ0n) is 15.0. The summed E-state index contributed by atoms with van der Waals surface area (Å²) in [5.74, 6) is 0.0354. The first-order valence-electron chi connectivity index (χ1n) is 8.31. The van der Waals surface area contributed by atoms with Gasteiger partial charge in [0.25, 0.3) is 0 Å². The molecule has 1 amide bonds. The predicted molar refractivity (Wildman–Crippen MR) is 104 cm³/mol. The minimum absolute atomic E-state index is 0.150. The van der Waals surface area contributed by atoms with Crippen LogP contribution < -0.4 is 5.32 Å². The molecule has 136 valence electrons. The summed E-state index contributed by atoms with van der Waals surface area (Å²) in [7, 11) is 0. The topological polar surface area (TPSA) is 96.5 Å². The van der Waals surface area contributed by atoms with Crippen LogP contribution in [0.4, 0.5) is 5.69 Å². The van der Waals surface area contributed by atoms with Crippen LogP contribution >= 0.6 is 11.8 Å². The number of aryl methyl sites for hydroxylation is 2. The average Bonchev–Trinajstić information content (AvgIpc) is 3.13. The highest BCUT2D eigenvalue weighted by molar-refractivity contribution is 7.99. The van der Waals surface area contributed by atoms with Gasteiger partial charge in [0.05, 0.1) is 23.9 Å². The summed E-state index contributed by atoms with van der Waals surface area (Å²) in [6.45, 7) is 4.08. The first kappa shape index (κ1) is 18.6. The predicted octanol–water partition coefficient (Wildman–Crippen LogP) is 3.08. The van der Waals surface area contributed by atoms with E-state index in [9.17, 15) is 4.79 Å². The van der Waals surface area contributed by atoms with Gasteiger partial charge in [-0.3, -0.25) is 4.79 Å². The fraction of sp³-hybridized carbons (Fsp3) is 0.211. The maximum Gasteiger partial charge on any atom is 0.234 e. The number of carbonyl (C=O) groups excluding carboxylic acids is 1. The van der Waals surface area contributed by atoms with E-state index >= 15 is 0 Å². The van der Waals surface area contributed by atoms with Crippen molar-refractivity contribution in [2.75, 3.05) is 11.1 Å². The van der Waals surface area contributed by atoms with Crippen molar-refractivity contribution in [3.05, 3.63) is 59.2 Å². The van der Waals surface area contributed by atoms with Gasteiger partial charge in [-0.05, 0) is 65.2 Å². The molecule has 0 bridgehead atoms. The molecule has 0 atom stereocenters. The summed E-state index contributed by atoms with van der Waals surface area (Å²) in [4.78, 5) is 12.2. The van der Waals surface area contributed by atoms with E-state index in [1.165, 1.54) is 17.3 Å². The van der Waals surface area contributed by atoms with Crippen LogP contribution in [0.1, 0.15) is 16.7 Å². The van der Waals surface area contributed by atoms with Gasteiger partial charge in [-0.1, -0.05) is 30.0 Å². The van der Waals surface area contributed by atoms with Crippen molar-refractivity contribution in [1.82, 2.24) is 20.2 Å². The molecule has 0 radical (unpaired) electrons. The largest absolute Gasteiger partial charge is 0.325 e. The molecule has 1 aromatic heterocycles. The summed E-state index contributed by atoms with van der Waals surface area (Å²) >= 11 is 1.27. The number of nitrogens with one attached hydrogen (secondary N) is 1. The summed E-state index contributed by atoms with van der Waals surface area (Å²) < 4.78 is 1.63. The maximum absolute atomic E-state index is 12.2. The fourth-order valence-corrected chi connectivity index (χ4v) is 3.10. The lowest BCUT2D eigenvalue weighted by Gasteiger charge is -2.08. The van der Waals surface area contributed by atoms with E-state index in [1.54, 1.807) is 16.8 Å². The quantitative estimate of drug-likeness (QED) is 0.662. The normalized spacial score (nSPS) is 10.4. The Morgan fingerprint density at radius 2 is 1.96 bits per heavy atom. The van der Waals surface area contributed by atoms with Gasteiger partial charge < -0.3 is 5.32 Å².